The zero-order valence-corrected chi connectivity index (χ0v) is 11.6. The smallest absolute Gasteiger partial charge is 0.227 e. The van der Waals surface area contributed by atoms with Crippen molar-refractivity contribution in [3.63, 3.8) is 0 Å². The van der Waals surface area contributed by atoms with Gasteiger partial charge in [0.2, 0.25) is 5.91 Å². The third-order valence-corrected chi connectivity index (χ3v) is 3.58. The zero-order chi connectivity index (χ0) is 13.1. The van der Waals surface area contributed by atoms with E-state index in [2.05, 4.69) is 19.2 Å². The predicted molar refractivity (Wildman–Crippen MR) is 73.8 cm³/mol. The molecule has 2 rings (SSSR count). The van der Waals surface area contributed by atoms with Gasteiger partial charge < -0.3 is 10.2 Å². The zero-order valence-electron chi connectivity index (χ0n) is 10.8. The summed E-state index contributed by atoms with van der Waals surface area (Å²) in [5.41, 5.74) is 0.906. The first-order valence-electron chi connectivity index (χ1n) is 6.33. The van der Waals surface area contributed by atoms with Crippen molar-refractivity contribution in [3.05, 3.63) is 34.9 Å². The molecule has 0 aromatic heterocycles. The van der Waals surface area contributed by atoms with Crippen molar-refractivity contribution in [1.82, 2.24) is 10.2 Å². The van der Waals surface area contributed by atoms with Gasteiger partial charge in [-0.1, -0.05) is 29.8 Å². The maximum absolute atomic E-state index is 12.3. The number of nitrogens with zero attached hydrogens (tertiary/aromatic N) is 1. The van der Waals surface area contributed by atoms with Gasteiger partial charge >= 0.3 is 0 Å². The van der Waals surface area contributed by atoms with Crippen LogP contribution in [-0.2, 0) is 11.2 Å². The lowest BCUT2D eigenvalue weighted by atomic mass is 10.1. The van der Waals surface area contributed by atoms with E-state index in [1.807, 2.05) is 29.2 Å². The number of piperazine rings is 1. The molecule has 1 N–H and O–H groups in total. The summed E-state index contributed by atoms with van der Waals surface area (Å²) in [6, 6.07) is 8.23. The molecule has 0 radical (unpaired) electrons. The molecule has 1 aromatic rings. The third kappa shape index (κ3) is 3.24. The Morgan fingerprint density at radius 2 is 1.94 bits per heavy atom. The van der Waals surface area contributed by atoms with E-state index in [1.165, 1.54) is 0 Å². The largest absolute Gasteiger partial charge is 0.339 e. The van der Waals surface area contributed by atoms with Gasteiger partial charge in [-0.15, -0.1) is 0 Å². The minimum absolute atomic E-state index is 0.156. The summed E-state index contributed by atoms with van der Waals surface area (Å²) in [5, 5.41) is 4.09. The molecule has 2 atom stereocenters. The average molecular weight is 267 g/mol. The number of rotatable bonds is 2. The molecule has 0 bridgehead atoms. The fraction of sp³-hybridized carbons (Fsp3) is 0.500. The molecule has 1 amide bonds. The van der Waals surface area contributed by atoms with E-state index in [0.29, 0.717) is 23.5 Å². The molecular formula is C14H19ClN2O. The molecule has 0 aliphatic carbocycles. The Labute approximate surface area is 113 Å². The number of halogens is 1. The fourth-order valence-corrected chi connectivity index (χ4v) is 2.65. The summed E-state index contributed by atoms with van der Waals surface area (Å²) in [7, 11) is 0. The maximum atomic E-state index is 12.3. The number of carbonyl (C=O) groups is 1. The van der Waals surface area contributed by atoms with Crippen molar-refractivity contribution in [2.24, 2.45) is 0 Å². The molecule has 3 nitrogen and oxygen atoms in total. The summed E-state index contributed by atoms with van der Waals surface area (Å²) in [6.45, 7) is 5.75. The Morgan fingerprint density at radius 3 is 2.56 bits per heavy atom. The van der Waals surface area contributed by atoms with Crippen LogP contribution in [0.25, 0.3) is 0 Å². The van der Waals surface area contributed by atoms with Crippen molar-refractivity contribution in [2.75, 3.05) is 13.1 Å². The molecule has 98 valence electrons. The minimum Gasteiger partial charge on any atom is -0.339 e. The molecule has 0 spiro atoms. The second-order valence-electron chi connectivity index (χ2n) is 5.04. The molecular weight excluding hydrogens is 248 g/mol. The first-order valence-corrected chi connectivity index (χ1v) is 6.71. The third-order valence-electron chi connectivity index (χ3n) is 3.21. The average Bonchev–Trinajstić information content (AvgIpc) is 2.31. The quantitative estimate of drug-likeness (QED) is 0.889. The normalized spacial score (nSPS) is 24.1. The molecule has 1 heterocycles. The van der Waals surface area contributed by atoms with E-state index in [-0.39, 0.29) is 5.91 Å². The number of hydrogen-bond donors (Lipinski definition) is 1. The van der Waals surface area contributed by atoms with Gasteiger partial charge in [-0.05, 0) is 25.5 Å². The van der Waals surface area contributed by atoms with Crippen LogP contribution in [0.4, 0.5) is 0 Å². The highest BCUT2D eigenvalue weighted by atomic mass is 35.5. The lowest BCUT2D eigenvalue weighted by molar-refractivity contribution is -0.132. The van der Waals surface area contributed by atoms with Gasteiger partial charge in [-0.25, -0.2) is 0 Å². The highest BCUT2D eigenvalue weighted by Gasteiger charge is 2.24. The predicted octanol–water partition coefficient (Wildman–Crippen LogP) is 2.09. The van der Waals surface area contributed by atoms with Gasteiger partial charge in [0.15, 0.2) is 0 Å². The van der Waals surface area contributed by atoms with Gasteiger partial charge in [0.25, 0.3) is 0 Å². The summed E-state index contributed by atoms with van der Waals surface area (Å²) in [6.07, 6.45) is 0.388. The van der Waals surface area contributed by atoms with Crippen LogP contribution < -0.4 is 5.32 Å². The van der Waals surface area contributed by atoms with Crippen LogP contribution in [0.2, 0.25) is 5.02 Å². The van der Waals surface area contributed by atoms with Crippen LogP contribution in [0.15, 0.2) is 24.3 Å². The van der Waals surface area contributed by atoms with Crippen molar-refractivity contribution in [3.8, 4) is 0 Å². The van der Waals surface area contributed by atoms with Crippen molar-refractivity contribution in [1.29, 1.82) is 0 Å². The Balaban J connectivity index is 2.02. The van der Waals surface area contributed by atoms with Gasteiger partial charge in [-0.3, -0.25) is 4.79 Å². The Kier molecular flexibility index (Phi) is 4.25. The van der Waals surface area contributed by atoms with Gasteiger partial charge in [0.05, 0.1) is 6.42 Å². The van der Waals surface area contributed by atoms with Crippen LogP contribution in [-0.4, -0.2) is 36.0 Å². The minimum atomic E-state index is 0.156. The molecule has 1 aliphatic heterocycles. The van der Waals surface area contributed by atoms with Crippen LogP contribution in [0.5, 0.6) is 0 Å². The fourth-order valence-electron chi connectivity index (χ4n) is 2.45. The second-order valence-corrected chi connectivity index (χ2v) is 5.44. The first kappa shape index (κ1) is 13.4. The van der Waals surface area contributed by atoms with Gasteiger partial charge in [-0.2, -0.15) is 0 Å². The first-order chi connectivity index (χ1) is 8.56. The van der Waals surface area contributed by atoms with Gasteiger partial charge in [0, 0.05) is 30.2 Å². The van der Waals surface area contributed by atoms with E-state index in [0.717, 1.165) is 18.7 Å². The molecule has 2 unspecified atom stereocenters. The highest BCUT2D eigenvalue weighted by molar-refractivity contribution is 6.31. The maximum Gasteiger partial charge on any atom is 0.227 e. The molecule has 1 saturated heterocycles. The Bertz CT molecular complexity index is 426. The molecule has 4 heteroatoms. The van der Waals surface area contributed by atoms with E-state index in [4.69, 9.17) is 11.6 Å². The molecule has 0 saturated carbocycles. The van der Waals surface area contributed by atoms with E-state index in [9.17, 15) is 4.79 Å². The van der Waals surface area contributed by atoms with Crippen molar-refractivity contribution >= 4 is 17.5 Å². The number of carbonyl (C=O) groups excluding carboxylic acids is 1. The number of benzene rings is 1. The molecule has 18 heavy (non-hydrogen) atoms. The monoisotopic (exact) mass is 266 g/mol. The molecule has 1 fully saturated rings. The SMILES string of the molecule is CC1CN(C(=O)Cc2ccccc2Cl)CC(C)N1. The lowest BCUT2D eigenvalue weighted by Gasteiger charge is -2.36. The van der Waals surface area contributed by atoms with Crippen molar-refractivity contribution in [2.45, 2.75) is 32.4 Å². The summed E-state index contributed by atoms with van der Waals surface area (Å²) in [4.78, 5) is 14.2. The summed E-state index contributed by atoms with van der Waals surface area (Å²) < 4.78 is 0. The second kappa shape index (κ2) is 5.72. The van der Waals surface area contributed by atoms with E-state index < -0.39 is 0 Å². The van der Waals surface area contributed by atoms with E-state index >= 15 is 0 Å². The van der Waals surface area contributed by atoms with Crippen LogP contribution >= 0.6 is 11.6 Å². The number of hydrogen-bond acceptors (Lipinski definition) is 2. The molecule has 1 aliphatic rings. The topological polar surface area (TPSA) is 32.3 Å². The summed E-state index contributed by atoms with van der Waals surface area (Å²) >= 11 is 6.08. The lowest BCUT2D eigenvalue weighted by Crippen LogP contribution is -2.56. The number of amides is 1. The summed E-state index contributed by atoms with van der Waals surface area (Å²) in [5.74, 6) is 0.156. The van der Waals surface area contributed by atoms with Crippen molar-refractivity contribution < 1.29 is 4.79 Å². The number of nitrogens with one attached hydrogen (secondary N) is 1. The van der Waals surface area contributed by atoms with Crippen LogP contribution in [0, 0.1) is 0 Å². The van der Waals surface area contributed by atoms with Gasteiger partial charge in [0.1, 0.15) is 0 Å². The Hall–Kier alpha value is -1.06. The van der Waals surface area contributed by atoms with E-state index in [1.54, 1.807) is 0 Å². The highest BCUT2D eigenvalue weighted by Crippen LogP contribution is 2.17. The Morgan fingerprint density at radius 1 is 1.33 bits per heavy atom. The molecule has 1 aromatic carbocycles. The van der Waals surface area contributed by atoms with Crippen LogP contribution in [0.1, 0.15) is 19.4 Å². The standard InChI is InChI=1S/C14H19ClN2O/c1-10-8-17(9-11(2)16-10)14(18)7-12-5-3-4-6-13(12)15/h3-6,10-11,16H,7-9H2,1-2H3. The van der Waals surface area contributed by atoms with Crippen LogP contribution in [0.3, 0.4) is 0 Å².